The molecular weight excluding hydrogens is 514 g/mol. The number of fused-ring (bicyclic) bond motifs is 1. The van der Waals surface area contributed by atoms with Crippen LogP contribution in [0.2, 0.25) is 0 Å². The lowest BCUT2D eigenvalue weighted by Gasteiger charge is -2.20. The molecule has 0 saturated heterocycles. The van der Waals surface area contributed by atoms with Crippen LogP contribution in [0.5, 0.6) is 5.75 Å². The van der Waals surface area contributed by atoms with E-state index in [4.69, 9.17) is 4.74 Å². The third-order valence-corrected chi connectivity index (χ3v) is 9.50. The number of rotatable bonds is 7. The maximum Gasteiger partial charge on any atom is 0.343 e. The van der Waals surface area contributed by atoms with Crippen LogP contribution in [0.3, 0.4) is 0 Å². The normalized spacial score (nSPS) is 14.2. The van der Waals surface area contributed by atoms with Crippen molar-refractivity contribution >= 4 is 37.5 Å². The molecule has 4 rings (SSSR count). The summed E-state index contributed by atoms with van der Waals surface area (Å²) >= 11 is 0. The highest BCUT2D eigenvalue weighted by Crippen LogP contribution is 2.32. The monoisotopic (exact) mass is 541 g/mol. The van der Waals surface area contributed by atoms with Gasteiger partial charge in [-0.1, -0.05) is 26.0 Å². The number of hydrogen-bond acceptors (Lipinski definition) is 7. The van der Waals surface area contributed by atoms with E-state index in [1.165, 1.54) is 34.6 Å². The number of nitrogens with zero attached hydrogens (tertiary/aromatic N) is 3. The van der Waals surface area contributed by atoms with Crippen molar-refractivity contribution in [2.45, 2.75) is 30.6 Å². The first-order chi connectivity index (χ1) is 17.5. The Balaban J connectivity index is 1.49. The summed E-state index contributed by atoms with van der Waals surface area (Å²) < 4.78 is 61.0. The molecule has 0 unspecified atom stereocenters. The van der Waals surface area contributed by atoms with Crippen molar-refractivity contribution in [1.29, 1.82) is 0 Å². The van der Waals surface area contributed by atoms with Crippen molar-refractivity contribution in [3.8, 4) is 5.75 Å². The van der Waals surface area contributed by atoms with Gasteiger partial charge in [0.25, 0.3) is 10.0 Å². The van der Waals surface area contributed by atoms with Gasteiger partial charge >= 0.3 is 5.97 Å². The second-order valence-corrected chi connectivity index (χ2v) is 11.9. The number of carbonyl (C=O) groups is 1. The van der Waals surface area contributed by atoms with E-state index in [2.05, 4.69) is 4.40 Å². The van der Waals surface area contributed by atoms with E-state index in [-0.39, 0.29) is 21.1 Å². The van der Waals surface area contributed by atoms with Crippen molar-refractivity contribution in [1.82, 2.24) is 4.31 Å². The highest BCUT2D eigenvalue weighted by molar-refractivity contribution is 7.90. The summed E-state index contributed by atoms with van der Waals surface area (Å²) in [5.41, 5.74) is 2.21. The minimum atomic E-state index is -3.77. The molecule has 0 saturated carbocycles. The zero-order chi connectivity index (χ0) is 27.0. The SMILES string of the molecule is CCN(CC)S(=O)(=O)c1ccc(C(=O)Oc2ccc(N(C)C3=NS(=O)(=O)c4cccc(C)c43)cc2)cc1. The molecule has 0 aliphatic carbocycles. The van der Waals surface area contributed by atoms with E-state index in [0.29, 0.717) is 30.2 Å². The van der Waals surface area contributed by atoms with Crippen molar-refractivity contribution in [2.24, 2.45) is 4.40 Å². The maximum atomic E-state index is 12.6. The van der Waals surface area contributed by atoms with Gasteiger partial charge in [-0.3, -0.25) is 0 Å². The summed E-state index contributed by atoms with van der Waals surface area (Å²) in [5, 5.41) is 0. The largest absolute Gasteiger partial charge is 0.423 e. The zero-order valence-corrected chi connectivity index (χ0v) is 22.5. The lowest BCUT2D eigenvalue weighted by Crippen LogP contribution is -2.30. The van der Waals surface area contributed by atoms with E-state index < -0.39 is 26.0 Å². The van der Waals surface area contributed by atoms with Gasteiger partial charge in [0, 0.05) is 31.4 Å². The van der Waals surface area contributed by atoms with Gasteiger partial charge in [-0.25, -0.2) is 13.2 Å². The standard InChI is InChI=1S/C26H27N3O6S2/c1-5-29(6-2)37(33,34)22-16-10-19(11-17-22)26(30)35-21-14-12-20(13-15-21)28(4)25-24-18(3)8-7-9-23(24)36(31,32)27-25/h7-17H,5-6H2,1-4H3. The highest BCUT2D eigenvalue weighted by Gasteiger charge is 2.32. The van der Waals surface area contributed by atoms with Gasteiger partial charge in [0.05, 0.1) is 10.5 Å². The summed E-state index contributed by atoms with van der Waals surface area (Å²) in [6, 6.07) is 17.2. The Kier molecular flexibility index (Phi) is 7.22. The van der Waals surface area contributed by atoms with Crippen LogP contribution in [0, 0.1) is 6.92 Å². The summed E-state index contributed by atoms with van der Waals surface area (Å²) in [6.45, 7) is 6.06. The van der Waals surface area contributed by atoms with Gasteiger partial charge in [0.1, 0.15) is 10.6 Å². The van der Waals surface area contributed by atoms with Crippen molar-refractivity contribution in [3.05, 3.63) is 83.4 Å². The Labute approximate surface area is 217 Å². The number of aryl methyl sites for hydroxylation is 1. The third-order valence-electron chi connectivity index (χ3n) is 6.13. The van der Waals surface area contributed by atoms with Crippen LogP contribution in [-0.2, 0) is 20.0 Å². The van der Waals surface area contributed by atoms with Crippen LogP contribution in [0.1, 0.15) is 35.3 Å². The fourth-order valence-electron chi connectivity index (χ4n) is 4.08. The second-order valence-electron chi connectivity index (χ2n) is 8.39. The lowest BCUT2D eigenvalue weighted by molar-refractivity contribution is 0.0734. The van der Waals surface area contributed by atoms with E-state index in [0.717, 1.165) is 5.56 Å². The molecule has 0 N–H and O–H groups in total. The van der Waals surface area contributed by atoms with Crippen molar-refractivity contribution in [2.75, 3.05) is 25.0 Å². The number of ether oxygens (including phenoxy) is 1. The molecule has 0 radical (unpaired) electrons. The Hall–Kier alpha value is -3.54. The molecule has 1 heterocycles. The minimum absolute atomic E-state index is 0.105. The van der Waals surface area contributed by atoms with Gasteiger partial charge in [-0.15, -0.1) is 4.40 Å². The molecule has 11 heteroatoms. The van der Waals surface area contributed by atoms with Crippen LogP contribution in [-0.4, -0.2) is 53.1 Å². The molecule has 0 spiro atoms. The number of amidine groups is 1. The molecule has 0 aromatic heterocycles. The molecule has 3 aromatic rings. The molecule has 37 heavy (non-hydrogen) atoms. The van der Waals surface area contributed by atoms with Gasteiger partial charge < -0.3 is 9.64 Å². The molecule has 3 aromatic carbocycles. The van der Waals surface area contributed by atoms with E-state index in [1.54, 1.807) is 56.1 Å². The number of esters is 1. The lowest BCUT2D eigenvalue weighted by atomic mass is 10.1. The fourth-order valence-corrected chi connectivity index (χ4v) is 6.84. The minimum Gasteiger partial charge on any atom is -0.423 e. The van der Waals surface area contributed by atoms with Crippen LogP contribution in [0.25, 0.3) is 0 Å². The number of sulfonamides is 2. The first-order valence-electron chi connectivity index (χ1n) is 11.6. The van der Waals surface area contributed by atoms with Gasteiger partial charge in [0.15, 0.2) is 5.84 Å². The molecule has 0 atom stereocenters. The summed E-state index contributed by atoms with van der Waals surface area (Å²) in [5.74, 6) is -0.0409. The van der Waals surface area contributed by atoms with Gasteiger partial charge in [-0.2, -0.15) is 12.7 Å². The quantitative estimate of drug-likeness (QED) is 0.330. The smallest absolute Gasteiger partial charge is 0.343 e. The number of benzene rings is 3. The first-order valence-corrected chi connectivity index (χ1v) is 14.5. The Morgan fingerprint density at radius 1 is 0.946 bits per heavy atom. The van der Waals surface area contributed by atoms with Gasteiger partial charge in [0.2, 0.25) is 10.0 Å². The molecule has 9 nitrogen and oxygen atoms in total. The van der Waals surface area contributed by atoms with Crippen LogP contribution in [0.15, 0.2) is 80.9 Å². The molecule has 0 amide bonds. The number of carbonyl (C=O) groups excluding carboxylic acids is 1. The summed E-state index contributed by atoms with van der Waals surface area (Å²) in [7, 11) is -5.68. The predicted molar refractivity (Wildman–Crippen MR) is 141 cm³/mol. The predicted octanol–water partition coefficient (Wildman–Crippen LogP) is 3.83. The number of hydrogen-bond donors (Lipinski definition) is 0. The average molecular weight is 542 g/mol. The average Bonchev–Trinajstić information content (AvgIpc) is 3.16. The molecule has 194 valence electrons. The highest BCUT2D eigenvalue weighted by atomic mass is 32.2. The summed E-state index contributed by atoms with van der Waals surface area (Å²) in [6.07, 6.45) is 0. The van der Waals surface area contributed by atoms with Crippen LogP contribution < -0.4 is 9.64 Å². The van der Waals surface area contributed by atoms with Crippen LogP contribution >= 0.6 is 0 Å². The van der Waals surface area contributed by atoms with E-state index >= 15 is 0 Å². The second kappa shape index (κ2) is 10.1. The molecule has 0 bridgehead atoms. The number of anilines is 1. The molecule has 0 fully saturated rings. The maximum absolute atomic E-state index is 12.6. The van der Waals surface area contributed by atoms with E-state index in [9.17, 15) is 21.6 Å². The molecule has 1 aliphatic rings. The molecular formula is C26H27N3O6S2. The third kappa shape index (κ3) is 5.02. The Bertz CT molecular complexity index is 1580. The molecule has 1 aliphatic heterocycles. The van der Waals surface area contributed by atoms with E-state index in [1.807, 2.05) is 13.0 Å². The van der Waals surface area contributed by atoms with Gasteiger partial charge in [-0.05, 0) is 67.1 Å². The van der Waals surface area contributed by atoms with Crippen molar-refractivity contribution in [3.63, 3.8) is 0 Å². The topological polar surface area (TPSA) is 113 Å². The Morgan fingerprint density at radius 2 is 1.57 bits per heavy atom. The Morgan fingerprint density at radius 3 is 2.16 bits per heavy atom. The van der Waals surface area contributed by atoms with Crippen molar-refractivity contribution < 1.29 is 26.4 Å². The fraction of sp³-hybridized carbons (Fsp3) is 0.231. The first kappa shape index (κ1) is 26.5. The van der Waals surface area contributed by atoms with Crippen LogP contribution in [0.4, 0.5) is 5.69 Å². The zero-order valence-electron chi connectivity index (χ0n) is 20.9. The summed E-state index contributed by atoms with van der Waals surface area (Å²) in [4.78, 5) is 14.6.